The van der Waals surface area contributed by atoms with Crippen molar-refractivity contribution < 1.29 is 5.11 Å². The SMILES string of the molecule is CCCCC#CC1C(Cl)CCN1c1ccc(C(O)CCCC(C)(C)C)cc1. The van der Waals surface area contributed by atoms with Gasteiger partial charge in [-0.25, -0.2) is 0 Å². The Labute approximate surface area is 171 Å². The summed E-state index contributed by atoms with van der Waals surface area (Å²) in [5, 5.41) is 10.6. The van der Waals surface area contributed by atoms with Gasteiger partial charge in [0.25, 0.3) is 0 Å². The van der Waals surface area contributed by atoms with Crippen molar-refractivity contribution in [2.45, 2.75) is 90.2 Å². The largest absolute Gasteiger partial charge is 0.388 e. The van der Waals surface area contributed by atoms with Gasteiger partial charge in [-0.15, -0.1) is 17.5 Å². The lowest BCUT2D eigenvalue weighted by molar-refractivity contribution is 0.158. The van der Waals surface area contributed by atoms with E-state index in [0.717, 1.165) is 56.3 Å². The Kier molecular flexibility index (Phi) is 8.52. The molecule has 1 aromatic rings. The normalized spacial score (nSPS) is 21.0. The molecule has 1 N–H and O–H groups in total. The van der Waals surface area contributed by atoms with Crippen LogP contribution in [0, 0.1) is 17.3 Å². The third-order valence-corrected chi connectivity index (χ3v) is 5.70. The maximum absolute atomic E-state index is 10.5. The van der Waals surface area contributed by atoms with Crippen LogP contribution >= 0.6 is 11.6 Å². The van der Waals surface area contributed by atoms with E-state index in [0.29, 0.717) is 5.41 Å². The second-order valence-corrected chi connectivity index (χ2v) is 9.49. The number of alkyl halides is 1. The first-order chi connectivity index (χ1) is 12.8. The molecule has 3 heteroatoms. The van der Waals surface area contributed by atoms with Crippen molar-refractivity contribution in [2.24, 2.45) is 5.41 Å². The molecule has 1 aromatic carbocycles. The van der Waals surface area contributed by atoms with Gasteiger partial charge in [-0.3, -0.25) is 0 Å². The number of nitrogens with zero attached hydrogens (tertiary/aromatic N) is 1. The zero-order chi connectivity index (χ0) is 19.9. The standard InChI is InChI=1S/C24H36ClNO/c1-5-6-7-8-10-22-21(25)16-18-26(22)20-14-12-19(13-15-20)23(27)11-9-17-24(2,3)4/h12-15,21-23,27H,5-7,9,11,16-18H2,1-4H3. The Morgan fingerprint density at radius 1 is 1.22 bits per heavy atom. The number of halogens is 1. The van der Waals surface area contributed by atoms with Gasteiger partial charge in [-0.05, 0) is 48.8 Å². The molecule has 3 unspecified atom stereocenters. The first-order valence-electron chi connectivity index (χ1n) is 10.5. The Hall–Kier alpha value is -1.17. The van der Waals surface area contributed by atoms with Crippen LogP contribution in [0.25, 0.3) is 0 Å². The van der Waals surface area contributed by atoms with Crippen molar-refractivity contribution in [1.82, 2.24) is 0 Å². The molecular weight excluding hydrogens is 354 g/mol. The molecule has 0 aromatic heterocycles. The quantitative estimate of drug-likeness (QED) is 0.335. The Bertz CT molecular complexity index is 623. The van der Waals surface area contributed by atoms with E-state index in [1.54, 1.807) is 0 Å². The zero-order valence-corrected chi connectivity index (χ0v) is 18.2. The van der Waals surface area contributed by atoms with E-state index in [9.17, 15) is 5.11 Å². The van der Waals surface area contributed by atoms with E-state index < -0.39 is 0 Å². The average molecular weight is 390 g/mol. The van der Waals surface area contributed by atoms with E-state index in [-0.39, 0.29) is 17.5 Å². The molecule has 0 amide bonds. The van der Waals surface area contributed by atoms with Crippen LogP contribution in [0.5, 0.6) is 0 Å². The fourth-order valence-corrected chi connectivity index (χ4v) is 3.83. The molecular formula is C24H36ClNO. The molecule has 0 spiro atoms. The van der Waals surface area contributed by atoms with E-state index in [4.69, 9.17) is 11.6 Å². The van der Waals surface area contributed by atoms with Gasteiger partial charge in [-0.1, -0.05) is 58.6 Å². The first kappa shape index (κ1) is 22.1. The van der Waals surface area contributed by atoms with E-state index in [2.05, 4.69) is 68.7 Å². The smallest absolute Gasteiger partial charge is 0.107 e. The maximum Gasteiger partial charge on any atom is 0.107 e. The number of aliphatic hydroxyl groups is 1. The van der Waals surface area contributed by atoms with Gasteiger partial charge in [0.15, 0.2) is 0 Å². The van der Waals surface area contributed by atoms with Crippen LogP contribution in [-0.2, 0) is 0 Å². The molecule has 1 aliphatic rings. The second-order valence-electron chi connectivity index (χ2n) is 8.93. The summed E-state index contributed by atoms with van der Waals surface area (Å²) in [7, 11) is 0. The molecule has 0 saturated carbocycles. The molecule has 150 valence electrons. The number of unbranched alkanes of at least 4 members (excludes halogenated alkanes) is 2. The summed E-state index contributed by atoms with van der Waals surface area (Å²) in [6.45, 7) is 9.86. The van der Waals surface area contributed by atoms with Gasteiger partial charge in [0.05, 0.1) is 11.5 Å². The van der Waals surface area contributed by atoms with Crippen molar-refractivity contribution in [3.8, 4) is 11.8 Å². The number of anilines is 1. The molecule has 2 nitrogen and oxygen atoms in total. The summed E-state index contributed by atoms with van der Waals surface area (Å²) in [6, 6.07) is 8.42. The predicted molar refractivity (Wildman–Crippen MR) is 117 cm³/mol. The molecule has 1 fully saturated rings. The third kappa shape index (κ3) is 7.05. The van der Waals surface area contributed by atoms with Crippen LogP contribution in [0.1, 0.15) is 84.3 Å². The van der Waals surface area contributed by atoms with E-state index in [1.165, 1.54) is 6.42 Å². The average Bonchev–Trinajstić information content (AvgIpc) is 2.98. The predicted octanol–water partition coefficient (Wildman–Crippen LogP) is 6.32. The van der Waals surface area contributed by atoms with Crippen molar-refractivity contribution >= 4 is 17.3 Å². The number of aliphatic hydroxyl groups excluding tert-OH is 1. The molecule has 2 rings (SSSR count). The second kappa shape index (κ2) is 10.4. The molecule has 27 heavy (non-hydrogen) atoms. The lowest BCUT2D eigenvalue weighted by Crippen LogP contribution is -2.31. The summed E-state index contributed by atoms with van der Waals surface area (Å²) < 4.78 is 0. The summed E-state index contributed by atoms with van der Waals surface area (Å²) in [6.07, 6.45) is 6.84. The van der Waals surface area contributed by atoms with Gasteiger partial charge in [0.1, 0.15) is 6.04 Å². The molecule has 1 aliphatic heterocycles. The van der Waals surface area contributed by atoms with Crippen LogP contribution in [0.15, 0.2) is 24.3 Å². The van der Waals surface area contributed by atoms with Crippen LogP contribution < -0.4 is 4.90 Å². The van der Waals surface area contributed by atoms with E-state index in [1.807, 2.05) is 0 Å². The summed E-state index contributed by atoms with van der Waals surface area (Å²) in [5.74, 6) is 6.70. The topological polar surface area (TPSA) is 23.5 Å². The van der Waals surface area contributed by atoms with Crippen molar-refractivity contribution in [3.05, 3.63) is 29.8 Å². The fourth-order valence-electron chi connectivity index (χ4n) is 3.53. The lowest BCUT2D eigenvalue weighted by Gasteiger charge is -2.25. The highest BCUT2D eigenvalue weighted by molar-refractivity contribution is 6.21. The van der Waals surface area contributed by atoms with Crippen molar-refractivity contribution in [1.29, 1.82) is 0 Å². The molecule has 3 atom stereocenters. The molecule has 0 radical (unpaired) electrons. The van der Waals surface area contributed by atoms with Crippen LogP contribution in [-0.4, -0.2) is 23.1 Å². The zero-order valence-electron chi connectivity index (χ0n) is 17.5. The highest BCUT2D eigenvalue weighted by Gasteiger charge is 2.31. The van der Waals surface area contributed by atoms with Crippen LogP contribution in [0.2, 0.25) is 0 Å². The molecule has 1 heterocycles. The van der Waals surface area contributed by atoms with Gasteiger partial charge in [-0.2, -0.15) is 0 Å². The molecule has 1 saturated heterocycles. The number of hydrogen-bond acceptors (Lipinski definition) is 2. The summed E-state index contributed by atoms with van der Waals surface area (Å²) in [4.78, 5) is 2.31. The van der Waals surface area contributed by atoms with Gasteiger partial charge in [0, 0.05) is 18.7 Å². The highest BCUT2D eigenvalue weighted by atomic mass is 35.5. The minimum absolute atomic E-state index is 0.0850. The summed E-state index contributed by atoms with van der Waals surface area (Å²) in [5.41, 5.74) is 2.48. The van der Waals surface area contributed by atoms with Crippen molar-refractivity contribution in [2.75, 3.05) is 11.4 Å². The lowest BCUT2D eigenvalue weighted by atomic mass is 9.88. The minimum Gasteiger partial charge on any atom is -0.388 e. The maximum atomic E-state index is 10.5. The van der Waals surface area contributed by atoms with E-state index >= 15 is 0 Å². The number of benzene rings is 1. The fraction of sp³-hybridized carbons (Fsp3) is 0.667. The van der Waals surface area contributed by atoms with Gasteiger partial charge >= 0.3 is 0 Å². The monoisotopic (exact) mass is 389 g/mol. The first-order valence-corrected chi connectivity index (χ1v) is 10.9. The number of rotatable bonds is 7. The minimum atomic E-state index is -0.384. The van der Waals surface area contributed by atoms with Crippen LogP contribution in [0.4, 0.5) is 5.69 Å². The van der Waals surface area contributed by atoms with Crippen molar-refractivity contribution in [3.63, 3.8) is 0 Å². The Morgan fingerprint density at radius 3 is 2.56 bits per heavy atom. The number of hydrogen-bond donors (Lipinski definition) is 1. The molecule has 0 bridgehead atoms. The van der Waals surface area contributed by atoms with Crippen LogP contribution in [0.3, 0.4) is 0 Å². The Balaban J connectivity index is 1.97. The van der Waals surface area contributed by atoms with Gasteiger partial charge in [0.2, 0.25) is 0 Å². The Morgan fingerprint density at radius 2 is 1.93 bits per heavy atom. The third-order valence-electron chi connectivity index (χ3n) is 5.24. The molecule has 0 aliphatic carbocycles. The summed E-state index contributed by atoms with van der Waals surface area (Å²) >= 11 is 6.53. The highest BCUT2D eigenvalue weighted by Crippen LogP contribution is 2.31. The van der Waals surface area contributed by atoms with Gasteiger partial charge < -0.3 is 10.0 Å².